The Balaban J connectivity index is 1.43. The predicted octanol–water partition coefficient (Wildman–Crippen LogP) is 3.16. The van der Waals surface area contributed by atoms with Gasteiger partial charge in [-0.15, -0.1) is 0 Å². The highest BCUT2D eigenvalue weighted by molar-refractivity contribution is 5.71. The molecule has 4 atom stereocenters. The van der Waals surface area contributed by atoms with E-state index in [1.54, 1.807) is 0 Å². The van der Waals surface area contributed by atoms with Crippen LogP contribution in [0.15, 0.2) is 30.3 Å². The van der Waals surface area contributed by atoms with Gasteiger partial charge in [0.2, 0.25) is 0 Å². The fourth-order valence-corrected chi connectivity index (χ4v) is 4.49. The number of hydrogen-bond donors (Lipinski definition) is 0. The minimum atomic E-state index is -0.167. The molecule has 0 N–H and O–H groups in total. The van der Waals surface area contributed by atoms with Gasteiger partial charge in [0.1, 0.15) is 5.75 Å². The molecule has 2 bridgehead atoms. The maximum Gasteiger partial charge on any atom is 0.415 e. The highest BCUT2D eigenvalue weighted by Gasteiger charge is 2.52. The van der Waals surface area contributed by atoms with Gasteiger partial charge >= 0.3 is 6.09 Å². The Labute approximate surface area is 113 Å². The van der Waals surface area contributed by atoms with E-state index in [9.17, 15) is 4.79 Å². The van der Waals surface area contributed by atoms with Gasteiger partial charge in [0.15, 0.2) is 0 Å². The molecule has 2 saturated carbocycles. The fourth-order valence-electron chi connectivity index (χ4n) is 4.49. The predicted molar refractivity (Wildman–Crippen MR) is 71.9 cm³/mol. The van der Waals surface area contributed by atoms with Gasteiger partial charge < -0.3 is 9.64 Å². The molecule has 1 aromatic carbocycles. The summed E-state index contributed by atoms with van der Waals surface area (Å²) >= 11 is 0. The van der Waals surface area contributed by atoms with Crippen molar-refractivity contribution in [2.75, 3.05) is 13.1 Å². The molecule has 0 radical (unpaired) electrons. The van der Waals surface area contributed by atoms with Crippen molar-refractivity contribution in [3.63, 3.8) is 0 Å². The van der Waals surface area contributed by atoms with Gasteiger partial charge in [-0.05, 0) is 55.1 Å². The summed E-state index contributed by atoms with van der Waals surface area (Å²) in [6.45, 7) is 1.83. The Morgan fingerprint density at radius 2 is 1.68 bits per heavy atom. The van der Waals surface area contributed by atoms with E-state index in [0.29, 0.717) is 5.75 Å². The van der Waals surface area contributed by atoms with Gasteiger partial charge in [-0.25, -0.2) is 4.79 Å². The molecule has 0 unspecified atom stereocenters. The summed E-state index contributed by atoms with van der Waals surface area (Å²) in [7, 11) is 0. The van der Waals surface area contributed by atoms with E-state index in [1.807, 2.05) is 35.2 Å². The molecule has 1 heterocycles. The molecule has 3 aliphatic rings. The van der Waals surface area contributed by atoms with Gasteiger partial charge in [0.05, 0.1) is 0 Å². The molecular formula is C16H19NO2. The normalized spacial score (nSPS) is 35.5. The molecule has 0 aromatic heterocycles. The van der Waals surface area contributed by atoms with Crippen LogP contribution in [-0.4, -0.2) is 24.1 Å². The summed E-state index contributed by atoms with van der Waals surface area (Å²) in [5, 5.41) is 0. The quantitative estimate of drug-likeness (QED) is 0.773. The largest absolute Gasteiger partial charge is 0.415 e. The van der Waals surface area contributed by atoms with Crippen LogP contribution < -0.4 is 4.74 Å². The number of para-hydroxylation sites is 1. The zero-order chi connectivity index (χ0) is 12.8. The van der Waals surface area contributed by atoms with Crippen molar-refractivity contribution in [2.24, 2.45) is 23.7 Å². The summed E-state index contributed by atoms with van der Waals surface area (Å²) in [6, 6.07) is 9.37. The lowest BCUT2D eigenvalue weighted by atomic mass is 9.82. The van der Waals surface area contributed by atoms with Crippen molar-refractivity contribution in [1.29, 1.82) is 0 Å². The smallest absolute Gasteiger partial charge is 0.410 e. The van der Waals surface area contributed by atoms with Crippen molar-refractivity contribution in [1.82, 2.24) is 4.90 Å². The van der Waals surface area contributed by atoms with Crippen LogP contribution in [-0.2, 0) is 0 Å². The van der Waals surface area contributed by atoms with Crippen LogP contribution in [0.3, 0.4) is 0 Å². The third-order valence-electron chi connectivity index (χ3n) is 5.34. The Morgan fingerprint density at radius 1 is 1.05 bits per heavy atom. The molecular weight excluding hydrogens is 238 g/mol. The van der Waals surface area contributed by atoms with Crippen LogP contribution in [0.1, 0.15) is 19.3 Å². The molecule has 1 saturated heterocycles. The second-order valence-corrected chi connectivity index (χ2v) is 6.25. The molecule has 2 aliphatic carbocycles. The number of hydrogen-bond acceptors (Lipinski definition) is 2. The van der Waals surface area contributed by atoms with E-state index in [1.165, 1.54) is 19.3 Å². The first kappa shape index (κ1) is 11.3. The number of ether oxygens (including phenoxy) is 1. The number of benzene rings is 1. The monoisotopic (exact) mass is 257 g/mol. The Hall–Kier alpha value is -1.51. The molecule has 0 spiro atoms. The Kier molecular flexibility index (Phi) is 2.54. The highest BCUT2D eigenvalue weighted by atomic mass is 16.6. The second-order valence-electron chi connectivity index (χ2n) is 6.25. The lowest BCUT2D eigenvalue weighted by molar-refractivity contribution is 0.157. The first-order valence-electron chi connectivity index (χ1n) is 7.33. The molecule has 3 fully saturated rings. The van der Waals surface area contributed by atoms with Gasteiger partial charge in [-0.2, -0.15) is 0 Å². The summed E-state index contributed by atoms with van der Waals surface area (Å²) < 4.78 is 5.44. The van der Waals surface area contributed by atoms with E-state index >= 15 is 0 Å². The number of carbonyl (C=O) groups excluding carboxylic acids is 1. The van der Waals surface area contributed by atoms with Crippen LogP contribution in [0.4, 0.5) is 4.79 Å². The van der Waals surface area contributed by atoms with E-state index in [-0.39, 0.29) is 6.09 Å². The lowest BCUT2D eigenvalue weighted by Crippen LogP contribution is -2.32. The van der Waals surface area contributed by atoms with Crippen LogP contribution >= 0.6 is 0 Å². The SMILES string of the molecule is O=C(Oc1ccccc1)N1C[C@@H]2[C@H]3CC[C@H](C3)[C@@H]2C1. The highest BCUT2D eigenvalue weighted by Crippen LogP contribution is 2.55. The summed E-state index contributed by atoms with van der Waals surface area (Å²) in [5.74, 6) is 3.91. The molecule has 3 heteroatoms. The van der Waals surface area contributed by atoms with Gasteiger partial charge in [0, 0.05) is 13.1 Å². The topological polar surface area (TPSA) is 29.5 Å². The van der Waals surface area contributed by atoms with Crippen molar-refractivity contribution in [3.05, 3.63) is 30.3 Å². The first-order chi connectivity index (χ1) is 9.31. The fraction of sp³-hybridized carbons (Fsp3) is 0.562. The Bertz CT molecular complexity index is 469. The van der Waals surface area contributed by atoms with Crippen LogP contribution in [0, 0.1) is 23.7 Å². The van der Waals surface area contributed by atoms with Crippen LogP contribution in [0.2, 0.25) is 0 Å². The summed E-state index contributed by atoms with van der Waals surface area (Å²) in [5.41, 5.74) is 0. The van der Waals surface area contributed by atoms with Crippen LogP contribution in [0.25, 0.3) is 0 Å². The first-order valence-corrected chi connectivity index (χ1v) is 7.33. The zero-order valence-corrected chi connectivity index (χ0v) is 11.0. The number of fused-ring (bicyclic) bond motifs is 5. The lowest BCUT2D eigenvalue weighted by Gasteiger charge is -2.22. The van der Waals surface area contributed by atoms with Crippen molar-refractivity contribution >= 4 is 6.09 Å². The molecule has 100 valence electrons. The zero-order valence-electron chi connectivity index (χ0n) is 11.0. The van der Waals surface area contributed by atoms with Gasteiger partial charge in [0.25, 0.3) is 0 Å². The molecule has 19 heavy (non-hydrogen) atoms. The number of carbonyl (C=O) groups is 1. The number of rotatable bonds is 1. The maximum absolute atomic E-state index is 12.2. The summed E-state index contributed by atoms with van der Waals surface area (Å²) in [4.78, 5) is 14.1. The van der Waals surface area contributed by atoms with Crippen molar-refractivity contribution in [2.45, 2.75) is 19.3 Å². The molecule has 1 aromatic rings. The van der Waals surface area contributed by atoms with Gasteiger partial charge in [-0.1, -0.05) is 18.2 Å². The van der Waals surface area contributed by atoms with E-state index < -0.39 is 0 Å². The minimum Gasteiger partial charge on any atom is -0.410 e. The third kappa shape index (κ3) is 1.83. The molecule has 4 rings (SSSR count). The minimum absolute atomic E-state index is 0.167. The maximum atomic E-state index is 12.2. The number of likely N-dealkylation sites (tertiary alicyclic amines) is 1. The summed E-state index contributed by atoms with van der Waals surface area (Å²) in [6.07, 6.45) is 4.01. The molecule has 3 nitrogen and oxygen atoms in total. The van der Waals surface area contributed by atoms with Gasteiger partial charge in [-0.3, -0.25) is 0 Å². The standard InChI is InChI=1S/C16H19NO2/c18-16(19-13-4-2-1-3-5-13)17-9-14-11-6-7-12(8-11)15(14)10-17/h1-5,11-12,14-15H,6-10H2/t11-,12+,14+,15-. The van der Waals surface area contributed by atoms with E-state index in [2.05, 4.69) is 0 Å². The average molecular weight is 257 g/mol. The number of amides is 1. The average Bonchev–Trinajstić information content (AvgIpc) is 3.12. The second kappa shape index (κ2) is 4.26. The Morgan fingerprint density at radius 3 is 2.32 bits per heavy atom. The molecule has 1 amide bonds. The van der Waals surface area contributed by atoms with Crippen molar-refractivity contribution in [3.8, 4) is 5.75 Å². The molecule has 1 aliphatic heterocycles. The third-order valence-corrected chi connectivity index (χ3v) is 5.34. The van der Waals surface area contributed by atoms with Crippen molar-refractivity contribution < 1.29 is 9.53 Å². The van der Waals surface area contributed by atoms with E-state index in [0.717, 1.165) is 36.8 Å². The van der Waals surface area contributed by atoms with Crippen LogP contribution in [0.5, 0.6) is 5.75 Å². The number of nitrogens with zero attached hydrogens (tertiary/aromatic N) is 1. The van der Waals surface area contributed by atoms with E-state index in [4.69, 9.17) is 4.74 Å².